The first-order valence-electron chi connectivity index (χ1n) is 5.53. The van der Waals surface area contributed by atoms with Crippen molar-refractivity contribution in [1.82, 2.24) is 19.7 Å². The Hall–Kier alpha value is -1.95. The summed E-state index contributed by atoms with van der Waals surface area (Å²) in [6.07, 6.45) is 7.69. The molecule has 0 fully saturated rings. The smallest absolute Gasteiger partial charge is 0.238 e. The number of rotatable bonds is 5. The van der Waals surface area contributed by atoms with Gasteiger partial charge in [0.1, 0.15) is 0 Å². The molecule has 0 spiro atoms. The van der Waals surface area contributed by atoms with Crippen LogP contribution in [-0.4, -0.2) is 19.7 Å². The summed E-state index contributed by atoms with van der Waals surface area (Å²) in [6, 6.07) is 0. The Balaban J connectivity index is 2.03. The fourth-order valence-electron chi connectivity index (χ4n) is 1.37. The van der Waals surface area contributed by atoms with Gasteiger partial charge >= 0.3 is 0 Å². The summed E-state index contributed by atoms with van der Waals surface area (Å²) in [4.78, 5) is 8.20. The number of ether oxygens (including phenoxy) is 1. The molecule has 2 rings (SSSR count). The molecule has 0 saturated heterocycles. The highest BCUT2D eigenvalue weighted by Gasteiger charge is 2.02. The number of aryl methyl sites for hydroxylation is 1. The van der Waals surface area contributed by atoms with E-state index in [1.54, 1.807) is 18.6 Å². The second-order valence-corrected chi connectivity index (χ2v) is 3.59. The molecule has 0 aliphatic carbocycles. The fourth-order valence-corrected chi connectivity index (χ4v) is 1.37. The molecule has 0 aliphatic rings. The molecule has 2 heterocycles. The molecule has 0 saturated carbocycles. The van der Waals surface area contributed by atoms with Gasteiger partial charge in [-0.15, -0.1) is 0 Å². The Morgan fingerprint density at radius 1 is 1.29 bits per heavy atom. The van der Waals surface area contributed by atoms with Crippen LogP contribution in [0.3, 0.4) is 0 Å². The minimum atomic E-state index is 0.377. The summed E-state index contributed by atoms with van der Waals surface area (Å²) in [5.41, 5.74) is 6.17. The van der Waals surface area contributed by atoms with Gasteiger partial charge in [0.2, 0.25) is 5.88 Å². The third-order valence-corrected chi connectivity index (χ3v) is 2.18. The van der Waals surface area contributed by atoms with E-state index in [1.807, 2.05) is 10.9 Å². The molecule has 2 N–H and O–H groups in total. The van der Waals surface area contributed by atoms with E-state index in [-0.39, 0.29) is 0 Å². The fraction of sp³-hybridized carbons (Fsp3) is 0.364. The van der Waals surface area contributed by atoms with Gasteiger partial charge in [-0.05, 0) is 6.42 Å². The first-order chi connectivity index (χ1) is 8.31. The van der Waals surface area contributed by atoms with E-state index in [0.29, 0.717) is 18.2 Å². The lowest BCUT2D eigenvalue weighted by Crippen LogP contribution is -2.00. The molecule has 0 bridgehead atoms. The van der Waals surface area contributed by atoms with E-state index in [2.05, 4.69) is 22.0 Å². The van der Waals surface area contributed by atoms with Gasteiger partial charge in [-0.2, -0.15) is 5.10 Å². The maximum absolute atomic E-state index is 5.51. The molecule has 6 nitrogen and oxygen atoms in total. The highest BCUT2D eigenvalue weighted by molar-refractivity contribution is 5.19. The van der Waals surface area contributed by atoms with Crippen molar-refractivity contribution in [1.29, 1.82) is 0 Å². The first-order valence-corrected chi connectivity index (χ1v) is 5.53. The summed E-state index contributed by atoms with van der Waals surface area (Å²) in [5, 5.41) is 4.16. The van der Waals surface area contributed by atoms with Crippen LogP contribution in [0.4, 0.5) is 0 Å². The summed E-state index contributed by atoms with van der Waals surface area (Å²) in [6.45, 7) is 3.35. The second kappa shape index (κ2) is 5.40. The van der Waals surface area contributed by atoms with Gasteiger partial charge < -0.3 is 10.5 Å². The van der Waals surface area contributed by atoms with Gasteiger partial charge in [-0.25, -0.2) is 4.98 Å². The molecule has 2 aromatic heterocycles. The van der Waals surface area contributed by atoms with Crippen LogP contribution in [0.15, 0.2) is 24.8 Å². The lowest BCUT2D eigenvalue weighted by molar-refractivity contribution is 0.457. The van der Waals surface area contributed by atoms with Crippen molar-refractivity contribution in [2.45, 2.75) is 26.4 Å². The van der Waals surface area contributed by atoms with Crippen LogP contribution in [0.25, 0.3) is 0 Å². The Bertz CT molecular complexity index is 465. The molecule has 6 heteroatoms. The van der Waals surface area contributed by atoms with Gasteiger partial charge in [0.25, 0.3) is 0 Å². The van der Waals surface area contributed by atoms with Crippen LogP contribution in [0.5, 0.6) is 11.6 Å². The van der Waals surface area contributed by atoms with Gasteiger partial charge in [-0.3, -0.25) is 9.67 Å². The van der Waals surface area contributed by atoms with E-state index in [9.17, 15) is 0 Å². The van der Waals surface area contributed by atoms with E-state index in [1.165, 1.54) is 0 Å². The van der Waals surface area contributed by atoms with Crippen LogP contribution in [0.2, 0.25) is 0 Å². The van der Waals surface area contributed by atoms with E-state index in [0.717, 1.165) is 18.7 Å². The van der Waals surface area contributed by atoms with Crippen LogP contribution in [0.1, 0.15) is 19.0 Å². The average Bonchev–Trinajstić information content (AvgIpc) is 2.78. The van der Waals surface area contributed by atoms with Crippen LogP contribution in [-0.2, 0) is 13.1 Å². The molecule has 90 valence electrons. The van der Waals surface area contributed by atoms with Crippen LogP contribution in [0, 0.1) is 0 Å². The molecular formula is C11H15N5O. The number of hydrogen-bond donors (Lipinski definition) is 1. The van der Waals surface area contributed by atoms with Crippen molar-refractivity contribution >= 4 is 0 Å². The van der Waals surface area contributed by atoms with Crippen molar-refractivity contribution in [2.24, 2.45) is 5.73 Å². The van der Waals surface area contributed by atoms with Crippen LogP contribution < -0.4 is 10.5 Å². The molecule has 0 aromatic carbocycles. The minimum absolute atomic E-state index is 0.377. The first kappa shape index (κ1) is 11.5. The van der Waals surface area contributed by atoms with E-state index < -0.39 is 0 Å². The number of nitrogens with zero attached hydrogens (tertiary/aromatic N) is 4. The molecule has 0 radical (unpaired) electrons. The van der Waals surface area contributed by atoms with Crippen molar-refractivity contribution in [2.75, 3.05) is 0 Å². The zero-order valence-corrected chi connectivity index (χ0v) is 9.71. The zero-order chi connectivity index (χ0) is 12.1. The van der Waals surface area contributed by atoms with Crippen molar-refractivity contribution in [3.8, 4) is 11.6 Å². The quantitative estimate of drug-likeness (QED) is 0.842. The van der Waals surface area contributed by atoms with E-state index >= 15 is 0 Å². The van der Waals surface area contributed by atoms with Gasteiger partial charge in [0.15, 0.2) is 5.75 Å². The lowest BCUT2D eigenvalue weighted by Gasteiger charge is -2.01. The normalized spacial score (nSPS) is 10.5. The largest absolute Gasteiger partial charge is 0.434 e. The summed E-state index contributed by atoms with van der Waals surface area (Å²) >= 11 is 0. The third-order valence-electron chi connectivity index (χ3n) is 2.18. The van der Waals surface area contributed by atoms with Gasteiger partial charge in [0, 0.05) is 13.1 Å². The van der Waals surface area contributed by atoms with Crippen molar-refractivity contribution in [3.63, 3.8) is 0 Å². The molecular weight excluding hydrogens is 218 g/mol. The lowest BCUT2D eigenvalue weighted by atomic mass is 10.4. The van der Waals surface area contributed by atoms with E-state index in [4.69, 9.17) is 10.5 Å². The number of hydrogen-bond acceptors (Lipinski definition) is 5. The topological polar surface area (TPSA) is 78.9 Å². The van der Waals surface area contributed by atoms with Gasteiger partial charge in [0.05, 0.1) is 30.5 Å². The van der Waals surface area contributed by atoms with Crippen molar-refractivity contribution in [3.05, 3.63) is 30.5 Å². The van der Waals surface area contributed by atoms with Crippen molar-refractivity contribution < 1.29 is 4.74 Å². The zero-order valence-electron chi connectivity index (χ0n) is 9.71. The molecule has 0 aliphatic heterocycles. The summed E-state index contributed by atoms with van der Waals surface area (Å²) in [7, 11) is 0. The average molecular weight is 233 g/mol. The maximum Gasteiger partial charge on any atom is 0.238 e. The number of aromatic nitrogens is 4. The Morgan fingerprint density at radius 3 is 2.82 bits per heavy atom. The SMILES string of the molecule is CCCn1cc(Oc2cnc(CN)cn2)cn1. The molecule has 0 atom stereocenters. The summed E-state index contributed by atoms with van der Waals surface area (Å²) < 4.78 is 7.34. The third kappa shape index (κ3) is 3.01. The monoisotopic (exact) mass is 233 g/mol. The molecule has 2 aromatic rings. The Kier molecular flexibility index (Phi) is 3.66. The predicted octanol–water partition coefficient (Wildman–Crippen LogP) is 1.33. The minimum Gasteiger partial charge on any atom is -0.434 e. The molecule has 0 amide bonds. The maximum atomic E-state index is 5.51. The highest BCUT2D eigenvalue weighted by Crippen LogP contribution is 2.17. The number of nitrogens with two attached hydrogens (primary N) is 1. The molecule has 0 unspecified atom stereocenters. The highest BCUT2D eigenvalue weighted by atomic mass is 16.5. The summed E-state index contributed by atoms with van der Waals surface area (Å²) in [5.74, 6) is 1.10. The second-order valence-electron chi connectivity index (χ2n) is 3.59. The van der Waals surface area contributed by atoms with Crippen LogP contribution >= 0.6 is 0 Å². The Morgan fingerprint density at radius 2 is 2.18 bits per heavy atom. The molecule has 17 heavy (non-hydrogen) atoms. The predicted molar refractivity (Wildman–Crippen MR) is 62.5 cm³/mol. The standard InChI is InChI=1S/C11H15N5O/c1-2-3-16-8-10(6-15-16)17-11-7-13-9(4-12)5-14-11/h5-8H,2-4,12H2,1H3. The Labute approximate surface area is 99.4 Å². The van der Waals surface area contributed by atoms with Gasteiger partial charge in [-0.1, -0.05) is 6.92 Å².